The molecule has 0 radical (unpaired) electrons. The molecular weight excluding hydrogens is 512 g/mol. The minimum Gasteiger partial charge on any atom is -0.495 e. The normalized spacial score (nSPS) is 11.9. The van der Waals surface area contributed by atoms with Gasteiger partial charge in [0.15, 0.2) is 0 Å². The first kappa shape index (κ1) is 26.6. The molecule has 0 bridgehead atoms. The third-order valence-electron chi connectivity index (χ3n) is 5.72. The highest BCUT2D eigenvalue weighted by atomic mass is 35.5. The summed E-state index contributed by atoms with van der Waals surface area (Å²) in [4.78, 5) is 13.2. The smallest absolute Gasteiger partial charge is 0.419 e. The summed E-state index contributed by atoms with van der Waals surface area (Å²) in [6, 6.07) is 20.8. The number of para-hydroxylation sites is 3. The second kappa shape index (κ2) is 10.1. The Morgan fingerprint density at radius 2 is 1.68 bits per heavy atom. The Hall–Kier alpha value is -3.49. The molecule has 0 unspecified atom stereocenters. The van der Waals surface area contributed by atoms with Gasteiger partial charge in [0.25, 0.3) is 10.0 Å². The fraction of sp³-hybridized carbons (Fsp3) is 0.250. The summed E-state index contributed by atoms with van der Waals surface area (Å²) in [5.74, 6) is 0.422. The van der Waals surface area contributed by atoms with Crippen LogP contribution in [0.3, 0.4) is 0 Å². The molecule has 0 aliphatic rings. The van der Waals surface area contributed by atoms with Crippen molar-refractivity contribution >= 4 is 44.3 Å². The fourth-order valence-corrected chi connectivity index (χ4v) is 6.14. The summed E-state index contributed by atoms with van der Waals surface area (Å²) in [7, 11) is -2.61. The molecule has 1 aromatic heterocycles. The van der Waals surface area contributed by atoms with Gasteiger partial charge in [-0.15, -0.1) is 0 Å². The Bertz CT molecular complexity index is 1570. The van der Waals surface area contributed by atoms with E-state index in [0.29, 0.717) is 28.2 Å². The second-order valence-corrected chi connectivity index (χ2v) is 11.6. The zero-order valence-corrected chi connectivity index (χ0v) is 22.9. The number of carbonyl (C=O) groups excluding carboxylic acids is 1. The van der Waals surface area contributed by atoms with E-state index in [0.717, 1.165) is 5.39 Å². The Balaban J connectivity index is 1.89. The van der Waals surface area contributed by atoms with Crippen molar-refractivity contribution in [1.29, 1.82) is 0 Å². The number of hydrogen-bond donors (Lipinski definition) is 0. The van der Waals surface area contributed by atoms with Crippen LogP contribution in [0.15, 0.2) is 77.7 Å². The van der Waals surface area contributed by atoms with E-state index in [1.165, 1.54) is 28.1 Å². The number of rotatable bonds is 6. The molecule has 0 atom stereocenters. The number of fused-ring (bicyclic) bond motifs is 1. The Kier molecular flexibility index (Phi) is 7.26. The second-order valence-electron chi connectivity index (χ2n) is 9.39. The van der Waals surface area contributed by atoms with Crippen molar-refractivity contribution in [3.8, 4) is 17.0 Å². The van der Waals surface area contributed by atoms with Crippen LogP contribution in [0.25, 0.3) is 22.2 Å². The Labute approximate surface area is 222 Å². The van der Waals surface area contributed by atoms with Crippen LogP contribution in [0, 0.1) is 0 Å². The van der Waals surface area contributed by atoms with Crippen LogP contribution >= 0.6 is 11.6 Å². The molecule has 9 heteroatoms. The van der Waals surface area contributed by atoms with Gasteiger partial charge in [0.1, 0.15) is 16.2 Å². The molecule has 194 valence electrons. The van der Waals surface area contributed by atoms with Gasteiger partial charge in [0.2, 0.25) is 0 Å². The molecule has 3 aromatic carbocycles. The Morgan fingerprint density at radius 1 is 1.00 bits per heavy atom. The molecule has 37 heavy (non-hydrogen) atoms. The van der Waals surface area contributed by atoms with E-state index in [9.17, 15) is 13.2 Å². The lowest BCUT2D eigenvalue weighted by molar-refractivity contribution is 0.0547. The molecule has 0 aliphatic heterocycles. The number of halogens is 1. The molecule has 1 heterocycles. The third-order valence-corrected chi connectivity index (χ3v) is 8.09. The molecule has 4 aromatic rings. The highest BCUT2D eigenvalue weighted by Crippen LogP contribution is 2.37. The van der Waals surface area contributed by atoms with Crippen LogP contribution in [0.1, 0.15) is 27.7 Å². The van der Waals surface area contributed by atoms with Crippen LogP contribution in [-0.2, 0) is 14.8 Å². The largest absolute Gasteiger partial charge is 0.495 e. The maximum atomic E-state index is 13.9. The molecular formula is C28H29ClN2O5S. The van der Waals surface area contributed by atoms with Gasteiger partial charge in [-0.3, -0.25) is 4.31 Å². The van der Waals surface area contributed by atoms with E-state index < -0.39 is 21.7 Å². The molecule has 0 amide bonds. The van der Waals surface area contributed by atoms with Crippen molar-refractivity contribution < 1.29 is 22.7 Å². The summed E-state index contributed by atoms with van der Waals surface area (Å²) in [5.41, 5.74) is 1.32. The summed E-state index contributed by atoms with van der Waals surface area (Å²) in [6.45, 7) is 7.27. The number of hydrogen-bond acceptors (Lipinski definition) is 5. The van der Waals surface area contributed by atoms with E-state index in [1.807, 2.05) is 30.3 Å². The molecule has 0 saturated carbocycles. The van der Waals surface area contributed by atoms with E-state index in [4.69, 9.17) is 21.1 Å². The van der Waals surface area contributed by atoms with E-state index >= 15 is 0 Å². The molecule has 7 nitrogen and oxygen atoms in total. The molecule has 0 aliphatic carbocycles. The minimum absolute atomic E-state index is 0.0667. The number of nitrogens with zero attached hydrogens (tertiary/aromatic N) is 2. The van der Waals surface area contributed by atoms with Gasteiger partial charge in [-0.25, -0.2) is 17.8 Å². The molecule has 0 N–H and O–H groups in total. The molecule has 0 fully saturated rings. The number of carbonyl (C=O) groups is 1. The maximum Gasteiger partial charge on any atom is 0.419 e. The van der Waals surface area contributed by atoms with Crippen molar-refractivity contribution in [1.82, 2.24) is 4.57 Å². The van der Waals surface area contributed by atoms with Crippen LogP contribution in [0.2, 0.25) is 5.02 Å². The van der Waals surface area contributed by atoms with Crippen molar-refractivity contribution in [2.24, 2.45) is 0 Å². The zero-order valence-electron chi connectivity index (χ0n) is 21.4. The monoisotopic (exact) mass is 540 g/mol. The first-order chi connectivity index (χ1) is 17.5. The van der Waals surface area contributed by atoms with Gasteiger partial charge in [-0.05, 0) is 64.1 Å². The van der Waals surface area contributed by atoms with Gasteiger partial charge >= 0.3 is 6.09 Å². The van der Waals surface area contributed by atoms with Gasteiger partial charge < -0.3 is 9.47 Å². The number of aromatic nitrogens is 1. The number of benzene rings is 3. The van der Waals surface area contributed by atoms with Crippen LogP contribution in [0.5, 0.6) is 5.75 Å². The van der Waals surface area contributed by atoms with Crippen molar-refractivity contribution in [3.63, 3.8) is 0 Å². The van der Waals surface area contributed by atoms with E-state index in [2.05, 4.69) is 0 Å². The predicted octanol–water partition coefficient (Wildman–Crippen LogP) is 6.97. The summed E-state index contributed by atoms with van der Waals surface area (Å²) < 4.78 is 41.6. The van der Waals surface area contributed by atoms with Crippen molar-refractivity contribution in [2.75, 3.05) is 18.0 Å². The van der Waals surface area contributed by atoms with Crippen molar-refractivity contribution in [2.45, 2.75) is 38.2 Å². The van der Waals surface area contributed by atoms with E-state index in [1.54, 1.807) is 58.0 Å². The standard InChI is InChI=1S/C28H29ClN2O5S/c1-6-30(23-13-9-10-14-25(23)35-5)37(33,34)26-18-20(15-16-21(26)29)24-17-19-11-7-8-12-22(19)31(24)27(32)36-28(2,3)4/h7-18H,6H2,1-5H3. The zero-order chi connectivity index (χ0) is 27.0. The summed E-state index contributed by atoms with van der Waals surface area (Å²) in [5, 5.41) is 0.879. The van der Waals surface area contributed by atoms with Gasteiger partial charge in [-0.1, -0.05) is 48.0 Å². The predicted molar refractivity (Wildman–Crippen MR) is 147 cm³/mol. The topological polar surface area (TPSA) is 77.8 Å². The molecule has 4 rings (SSSR count). The first-order valence-corrected chi connectivity index (χ1v) is 13.6. The maximum absolute atomic E-state index is 13.9. The highest BCUT2D eigenvalue weighted by molar-refractivity contribution is 7.93. The SMILES string of the molecule is CCN(c1ccccc1OC)S(=O)(=O)c1cc(-c2cc3ccccc3n2C(=O)OC(C)(C)C)ccc1Cl. The quantitative estimate of drug-likeness (QED) is 0.264. The van der Waals surface area contributed by atoms with Crippen LogP contribution in [0.4, 0.5) is 10.5 Å². The highest BCUT2D eigenvalue weighted by Gasteiger charge is 2.30. The minimum atomic E-state index is -4.09. The third kappa shape index (κ3) is 5.17. The molecule has 0 saturated heterocycles. The van der Waals surface area contributed by atoms with E-state index in [-0.39, 0.29) is 16.5 Å². The first-order valence-electron chi connectivity index (χ1n) is 11.8. The van der Waals surface area contributed by atoms with Crippen LogP contribution in [-0.4, -0.2) is 38.3 Å². The number of sulfonamides is 1. The average Bonchev–Trinajstić information content (AvgIpc) is 3.23. The van der Waals surface area contributed by atoms with Crippen molar-refractivity contribution in [3.05, 3.63) is 77.8 Å². The lowest BCUT2D eigenvalue weighted by Gasteiger charge is -2.25. The number of anilines is 1. The van der Waals surface area contributed by atoms with Gasteiger partial charge in [0, 0.05) is 17.5 Å². The summed E-state index contributed by atoms with van der Waals surface area (Å²) >= 11 is 6.46. The summed E-state index contributed by atoms with van der Waals surface area (Å²) in [6.07, 6.45) is -0.563. The lowest BCUT2D eigenvalue weighted by atomic mass is 10.1. The van der Waals surface area contributed by atoms with Gasteiger partial charge in [0.05, 0.1) is 29.0 Å². The average molecular weight is 541 g/mol. The fourth-order valence-electron chi connectivity index (χ4n) is 4.16. The number of ether oxygens (including phenoxy) is 2. The lowest BCUT2D eigenvalue weighted by Crippen LogP contribution is -2.31. The molecule has 0 spiro atoms. The number of methoxy groups -OCH3 is 1. The van der Waals surface area contributed by atoms with Gasteiger partial charge in [-0.2, -0.15) is 0 Å². The van der Waals surface area contributed by atoms with Crippen LogP contribution < -0.4 is 9.04 Å². The Morgan fingerprint density at radius 3 is 2.35 bits per heavy atom.